The van der Waals surface area contributed by atoms with Crippen LogP contribution in [0.5, 0.6) is 11.5 Å². The summed E-state index contributed by atoms with van der Waals surface area (Å²) in [5.41, 5.74) is 1.15. The van der Waals surface area contributed by atoms with Crippen LogP contribution < -0.4 is 25.0 Å². The average Bonchev–Trinajstić information content (AvgIpc) is 3.54. The lowest BCUT2D eigenvalue weighted by molar-refractivity contribution is -0.132. The van der Waals surface area contributed by atoms with Gasteiger partial charge in [0.1, 0.15) is 11.5 Å². The number of likely N-dealkylation sites (tertiary alicyclic amines) is 1. The molecule has 192 valence electrons. The fourth-order valence-corrected chi connectivity index (χ4v) is 6.65. The van der Waals surface area contributed by atoms with Crippen LogP contribution in [0.4, 0.5) is 11.4 Å². The minimum absolute atomic E-state index is 0.0931. The molecule has 2 aromatic rings. The number of benzene rings is 2. The van der Waals surface area contributed by atoms with Gasteiger partial charge in [0.2, 0.25) is 17.7 Å². The van der Waals surface area contributed by atoms with E-state index >= 15 is 0 Å². The van der Waals surface area contributed by atoms with Gasteiger partial charge in [0.15, 0.2) is 5.78 Å². The molecule has 1 unspecified atom stereocenters. The standard InChI is InChI=1S/C25H31N4O6P/c1-17(30)27-19-7-11-21(12-8-19)34-36(33,35-22-13-9-20(10-14-22)28-18(2)31)24-6-4-16-29(24)25(32)23-5-3-15-26-23/h7-14,23-24,26H,3-6,15-16H2,1-2H3,(H,27,30)(H,28,31)/t23-,24?/m0/s1. The molecule has 0 radical (unpaired) electrons. The third kappa shape index (κ3) is 6.25. The van der Waals surface area contributed by atoms with Crippen LogP contribution >= 0.6 is 7.60 Å². The molecular weight excluding hydrogens is 483 g/mol. The van der Waals surface area contributed by atoms with E-state index in [-0.39, 0.29) is 23.8 Å². The molecule has 0 aliphatic carbocycles. The lowest BCUT2D eigenvalue weighted by Gasteiger charge is -2.32. The lowest BCUT2D eigenvalue weighted by Crippen LogP contribution is -2.46. The summed E-state index contributed by atoms with van der Waals surface area (Å²) < 4.78 is 26.5. The van der Waals surface area contributed by atoms with Gasteiger partial charge in [-0.25, -0.2) is 4.57 Å². The molecule has 2 fully saturated rings. The average molecular weight is 515 g/mol. The number of carbonyl (C=O) groups is 3. The molecule has 4 rings (SSSR count). The van der Waals surface area contributed by atoms with Crippen LogP contribution in [0.3, 0.4) is 0 Å². The summed E-state index contributed by atoms with van der Waals surface area (Å²) in [4.78, 5) is 37.5. The summed E-state index contributed by atoms with van der Waals surface area (Å²) >= 11 is 0. The Bertz CT molecular complexity index is 1080. The molecule has 2 aliphatic heterocycles. The molecule has 0 aromatic heterocycles. The van der Waals surface area contributed by atoms with Crippen LogP contribution in [0.25, 0.3) is 0 Å². The summed E-state index contributed by atoms with van der Waals surface area (Å²) in [6.07, 6.45) is 2.82. The Morgan fingerprint density at radius 1 is 0.861 bits per heavy atom. The molecule has 0 bridgehead atoms. The Balaban J connectivity index is 1.60. The summed E-state index contributed by atoms with van der Waals surface area (Å²) in [6, 6.07) is 12.7. The van der Waals surface area contributed by atoms with Gasteiger partial charge in [0.25, 0.3) is 0 Å². The molecule has 2 atom stereocenters. The molecule has 11 heteroatoms. The Morgan fingerprint density at radius 3 is 1.83 bits per heavy atom. The topological polar surface area (TPSA) is 126 Å². The number of nitrogens with one attached hydrogen (secondary N) is 3. The van der Waals surface area contributed by atoms with Crippen molar-refractivity contribution in [3.8, 4) is 11.5 Å². The molecule has 0 spiro atoms. The highest BCUT2D eigenvalue weighted by Gasteiger charge is 2.48. The first-order valence-corrected chi connectivity index (χ1v) is 13.6. The highest BCUT2D eigenvalue weighted by molar-refractivity contribution is 7.55. The first-order valence-electron chi connectivity index (χ1n) is 12.0. The maximum absolute atomic E-state index is 14.4. The van der Waals surface area contributed by atoms with E-state index < -0.39 is 13.4 Å². The fourth-order valence-electron chi connectivity index (χ4n) is 4.47. The monoisotopic (exact) mass is 514 g/mol. The van der Waals surface area contributed by atoms with Crippen molar-refractivity contribution in [1.82, 2.24) is 10.2 Å². The van der Waals surface area contributed by atoms with Crippen LogP contribution in [0.2, 0.25) is 0 Å². The van der Waals surface area contributed by atoms with Crippen molar-refractivity contribution >= 4 is 36.7 Å². The van der Waals surface area contributed by atoms with E-state index in [1.54, 1.807) is 53.4 Å². The van der Waals surface area contributed by atoms with Crippen LogP contribution in [0.15, 0.2) is 48.5 Å². The van der Waals surface area contributed by atoms with Gasteiger partial charge in [0.05, 0.1) is 6.04 Å². The predicted molar refractivity (Wildman–Crippen MR) is 136 cm³/mol. The second-order valence-corrected chi connectivity index (χ2v) is 11.0. The van der Waals surface area contributed by atoms with E-state index in [1.807, 2.05) is 0 Å². The molecule has 10 nitrogen and oxygen atoms in total. The van der Waals surface area contributed by atoms with Crippen LogP contribution in [0, 0.1) is 0 Å². The van der Waals surface area contributed by atoms with Gasteiger partial charge < -0.3 is 29.9 Å². The smallest absolute Gasteiger partial charge is 0.415 e. The van der Waals surface area contributed by atoms with Gasteiger partial charge >= 0.3 is 7.60 Å². The number of anilines is 2. The third-order valence-corrected chi connectivity index (χ3v) is 8.24. The van der Waals surface area contributed by atoms with Gasteiger partial charge in [-0.15, -0.1) is 0 Å². The highest BCUT2D eigenvalue weighted by Crippen LogP contribution is 2.57. The van der Waals surface area contributed by atoms with E-state index in [1.165, 1.54) is 13.8 Å². The molecule has 2 aromatic carbocycles. The largest absolute Gasteiger partial charge is 0.453 e. The predicted octanol–water partition coefficient (Wildman–Crippen LogP) is 3.95. The molecule has 0 saturated carbocycles. The molecule has 2 saturated heterocycles. The quantitative estimate of drug-likeness (QED) is 0.456. The van der Waals surface area contributed by atoms with E-state index in [4.69, 9.17) is 9.05 Å². The molecular formula is C25H31N4O6P. The summed E-state index contributed by atoms with van der Waals surface area (Å²) in [5, 5.41) is 8.57. The van der Waals surface area contributed by atoms with E-state index in [0.29, 0.717) is 42.3 Å². The number of amides is 3. The number of hydrogen-bond acceptors (Lipinski definition) is 7. The Morgan fingerprint density at radius 2 is 1.39 bits per heavy atom. The highest BCUT2D eigenvalue weighted by atomic mass is 31.2. The van der Waals surface area contributed by atoms with Crippen molar-refractivity contribution in [1.29, 1.82) is 0 Å². The van der Waals surface area contributed by atoms with E-state index in [2.05, 4.69) is 16.0 Å². The summed E-state index contributed by atoms with van der Waals surface area (Å²) in [7, 11) is -3.94. The third-order valence-electron chi connectivity index (χ3n) is 6.04. The summed E-state index contributed by atoms with van der Waals surface area (Å²) in [6.45, 7) is 4.07. The maximum atomic E-state index is 14.4. The van der Waals surface area contributed by atoms with Crippen LogP contribution in [-0.4, -0.2) is 47.5 Å². The number of nitrogens with zero attached hydrogens (tertiary/aromatic N) is 1. The summed E-state index contributed by atoms with van der Waals surface area (Å²) in [5.74, 6) is -0.676. The van der Waals surface area contributed by atoms with Crippen molar-refractivity contribution < 1.29 is 28.0 Å². The lowest BCUT2D eigenvalue weighted by atomic mass is 10.2. The number of rotatable bonds is 8. The second-order valence-electron chi connectivity index (χ2n) is 8.94. The maximum Gasteiger partial charge on any atom is 0.453 e. The second kappa shape index (κ2) is 11.1. The Labute approximate surface area is 210 Å². The number of carbonyl (C=O) groups excluding carboxylic acids is 3. The van der Waals surface area contributed by atoms with E-state index in [0.717, 1.165) is 19.4 Å². The molecule has 2 heterocycles. The number of hydrogen-bond donors (Lipinski definition) is 3. The zero-order chi connectivity index (χ0) is 25.7. The van der Waals surface area contributed by atoms with Crippen molar-refractivity contribution in [2.45, 2.75) is 51.4 Å². The van der Waals surface area contributed by atoms with Gasteiger partial charge in [-0.1, -0.05) is 0 Å². The van der Waals surface area contributed by atoms with Crippen molar-refractivity contribution in [2.75, 3.05) is 23.7 Å². The fraction of sp³-hybridized carbons (Fsp3) is 0.400. The van der Waals surface area contributed by atoms with Crippen molar-refractivity contribution in [2.24, 2.45) is 0 Å². The minimum Gasteiger partial charge on any atom is -0.415 e. The zero-order valence-corrected chi connectivity index (χ0v) is 21.3. The van der Waals surface area contributed by atoms with Gasteiger partial charge in [-0.2, -0.15) is 0 Å². The van der Waals surface area contributed by atoms with Crippen LogP contribution in [-0.2, 0) is 18.9 Å². The molecule has 36 heavy (non-hydrogen) atoms. The first kappa shape index (κ1) is 25.7. The molecule has 2 aliphatic rings. The normalized spacial score (nSPS) is 19.6. The minimum atomic E-state index is -3.94. The Kier molecular flexibility index (Phi) is 7.96. The SMILES string of the molecule is CC(=O)Nc1ccc(OP(=O)(Oc2ccc(NC(C)=O)cc2)C2CCCN2C(=O)[C@@H]2CCCN2)cc1. The van der Waals surface area contributed by atoms with Gasteiger partial charge in [-0.3, -0.25) is 14.4 Å². The zero-order valence-electron chi connectivity index (χ0n) is 20.4. The van der Waals surface area contributed by atoms with Crippen molar-refractivity contribution in [3.05, 3.63) is 48.5 Å². The van der Waals surface area contributed by atoms with Crippen molar-refractivity contribution in [3.63, 3.8) is 0 Å². The molecule has 3 N–H and O–H groups in total. The van der Waals surface area contributed by atoms with Gasteiger partial charge in [-0.05, 0) is 80.8 Å². The Hall–Kier alpha value is -3.36. The molecule has 3 amide bonds. The van der Waals surface area contributed by atoms with Crippen LogP contribution in [0.1, 0.15) is 39.5 Å². The van der Waals surface area contributed by atoms with Gasteiger partial charge in [0, 0.05) is 31.8 Å². The first-order chi connectivity index (χ1) is 17.2. The van der Waals surface area contributed by atoms with E-state index in [9.17, 15) is 18.9 Å².